The second-order valence-electron chi connectivity index (χ2n) is 10.3. The molecule has 38 heavy (non-hydrogen) atoms. The summed E-state index contributed by atoms with van der Waals surface area (Å²) in [5.41, 5.74) is 4.71. The van der Waals surface area contributed by atoms with Gasteiger partial charge in [-0.2, -0.15) is 0 Å². The largest absolute Gasteiger partial charge is 0.508 e. The Labute approximate surface area is 229 Å². The van der Waals surface area contributed by atoms with Gasteiger partial charge in [0.2, 0.25) is 5.91 Å². The second-order valence-corrected chi connectivity index (χ2v) is 11.2. The van der Waals surface area contributed by atoms with Gasteiger partial charge in [0, 0.05) is 36.6 Å². The lowest BCUT2D eigenvalue weighted by atomic mass is 9.87. The first-order chi connectivity index (χ1) is 18.5. The first-order valence-corrected chi connectivity index (χ1v) is 14.2. The molecule has 3 aromatic carbocycles. The van der Waals surface area contributed by atoms with E-state index in [0.29, 0.717) is 13.0 Å². The van der Waals surface area contributed by atoms with Crippen molar-refractivity contribution in [1.29, 1.82) is 0 Å². The number of amidine groups is 1. The molecule has 198 valence electrons. The van der Waals surface area contributed by atoms with Gasteiger partial charge in [-0.1, -0.05) is 43.3 Å². The SMILES string of the molecule is CC(CC(=O)N(CC1=NCCN1C)c1ccc2c(c1)C(NSc1ccc(O)cc1)CCC2)c1ccccc1. The average molecular weight is 529 g/mol. The van der Waals surface area contributed by atoms with E-state index in [1.54, 1.807) is 24.1 Å². The van der Waals surface area contributed by atoms with Gasteiger partial charge in [0.1, 0.15) is 11.6 Å². The third kappa shape index (κ3) is 6.22. The number of likely N-dealkylation sites (N-methyl/N-ethyl adjacent to an activating group) is 1. The van der Waals surface area contributed by atoms with Crippen LogP contribution in [0.3, 0.4) is 0 Å². The minimum atomic E-state index is 0.114. The number of aromatic hydroxyl groups is 1. The fourth-order valence-corrected chi connectivity index (χ4v) is 6.01. The molecule has 0 saturated heterocycles. The minimum Gasteiger partial charge on any atom is -0.508 e. The van der Waals surface area contributed by atoms with E-state index in [9.17, 15) is 9.90 Å². The fraction of sp³-hybridized carbons (Fsp3) is 0.355. The number of fused-ring (bicyclic) bond motifs is 1. The van der Waals surface area contributed by atoms with Crippen LogP contribution in [0.25, 0.3) is 0 Å². The Morgan fingerprint density at radius 1 is 1.16 bits per heavy atom. The molecule has 0 aromatic heterocycles. The van der Waals surface area contributed by atoms with Crippen molar-refractivity contribution >= 4 is 29.4 Å². The molecule has 3 aromatic rings. The van der Waals surface area contributed by atoms with E-state index in [0.717, 1.165) is 48.8 Å². The number of aryl methyl sites for hydroxylation is 1. The molecule has 0 spiro atoms. The number of rotatable bonds is 9. The maximum Gasteiger partial charge on any atom is 0.228 e. The van der Waals surface area contributed by atoms with Crippen LogP contribution in [0.2, 0.25) is 0 Å². The summed E-state index contributed by atoms with van der Waals surface area (Å²) in [5.74, 6) is 1.47. The van der Waals surface area contributed by atoms with Crippen molar-refractivity contribution in [3.05, 3.63) is 89.5 Å². The standard InChI is InChI=1S/C31H36N4O2S/c1-22(23-7-4-3-5-8-23)19-31(37)35(21-30-32-17-18-34(30)2)25-12-11-24-9-6-10-29(28(24)20-25)33-38-27-15-13-26(36)14-16-27/h3-5,7-8,11-16,20,22,29,33,36H,6,9-10,17-19,21H2,1-2H3. The summed E-state index contributed by atoms with van der Waals surface area (Å²) < 4.78 is 3.64. The molecule has 2 atom stereocenters. The third-order valence-corrected chi connectivity index (χ3v) is 8.44. The Bertz CT molecular complexity index is 1280. The fourth-order valence-electron chi connectivity index (χ4n) is 5.22. The third-order valence-electron chi connectivity index (χ3n) is 7.53. The molecule has 0 saturated carbocycles. The molecule has 1 aliphatic heterocycles. The number of anilines is 1. The van der Waals surface area contributed by atoms with E-state index in [4.69, 9.17) is 0 Å². The van der Waals surface area contributed by atoms with Crippen LogP contribution in [0.1, 0.15) is 54.8 Å². The predicted molar refractivity (Wildman–Crippen MR) is 156 cm³/mol. The number of benzene rings is 3. The molecule has 1 heterocycles. The van der Waals surface area contributed by atoms with E-state index >= 15 is 0 Å². The van der Waals surface area contributed by atoms with Gasteiger partial charge in [0.15, 0.2) is 0 Å². The molecular weight excluding hydrogens is 492 g/mol. The highest BCUT2D eigenvalue weighted by atomic mass is 32.2. The van der Waals surface area contributed by atoms with Gasteiger partial charge in [0.05, 0.1) is 13.1 Å². The zero-order chi connectivity index (χ0) is 26.5. The molecule has 6 nitrogen and oxygen atoms in total. The van der Waals surface area contributed by atoms with Gasteiger partial charge in [0.25, 0.3) is 0 Å². The molecule has 5 rings (SSSR count). The maximum atomic E-state index is 13.8. The van der Waals surface area contributed by atoms with Gasteiger partial charge in [-0.05, 0) is 90.2 Å². The van der Waals surface area contributed by atoms with E-state index in [2.05, 4.69) is 58.9 Å². The molecule has 2 unspecified atom stereocenters. The van der Waals surface area contributed by atoms with Gasteiger partial charge in [-0.15, -0.1) is 0 Å². The summed E-state index contributed by atoms with van der Waals surface area (Å²) in [4.78, 5) is 23.6. The lowest BCUT2D eigenvalue weighted by molar-refractivity contribution is -0.118. The predicted octanol–water partition coefficient (Wildman–Crippen LogP) is 5.94. The van der Waals surface area contributed by atoms with Crippen molar-refractivity contribution in [2.45, 2.75) is 49.5 Å². The summed E-state index contributed by atoms with van der Waals surface area (Å²) in [7, 11) is 2.05. The Hall–Kier alpha value is -3.29. The molecule has 0 fully saturated rings. The van der Waals surface area contributed by atoms with Gasteiger partial charge < -0.3 is 14.9 Å². The first-order valence-electron chi connectivity index (χ1n) is 13.4. The molecule has 0 bridgehead atoms. The molecule has 2 N–H and O–H groups in total. The number of nitrogens with one attached hydrogen (secondary N) is 1. The van der Waals surface area contributed by atoms with E-state index in [-0.39, 0.29) is 23.6 Å². The summed E-state index contributed by atoms with van der Waals surface area (Å²) in [5, 5.41) is 9.60. The van der Waals surface area contributed by atoms with Crippen molar-refractivity contribution in [1.82, 2.24) is 9.62 Å². The van der Waals surface area contributed by atoms with Crippen LogP contribution in [-0.2, 0) is 11.2 Å². The van der Waals surface area contributed by atoms with E-state index in [1.165, 1.54) is 16.7 Å². The summed E-state index contributed by atoms with van der Waals surface area (Å²) in [6.45, 7) is 4.27. The number of amides is 1. The number of nitrogens with zero attached hydrogens (tertiary/aromatic N) is 3. The topological polar surface area (TPSA) is 68.2 Å². The highest BCUT2D eigenvalue weighted by molar-refractivity contribution is 7.97. The van der Waals surface area contributed by atoms with Gasteiger partial charge in [-0.3, -0.25) is 14.5 Å². The van der Waals surface area contributed by atoms with E-state index in [1.807, 2.05) is 35.2 Å². The number of phenols is 1. The van der Waals surface area contributed by atoms with Gasteiger partial charge >= 0.3 is 0 Å². The van der Waals surface area contributed by atoms with Crippen LogP contribution in [-0.4, -0.2) is 48.4 Å². The number of carbonyl (C=O) groups excluding carboxylic acids is 1. The molecule has 2 aliphatic rings. The van der Waals surface area contributed by atoms with Crippen molar-refractivity contribution in [2.75, 3.05) is 31.6 Å². The molecule has 1 aliphatic carbocycles. The lowest BCUT2D eigenvalue weighted by Crippen LogP contribution is -2.40. The normalized spacial score (nSPS) is 17.6. The van der Waals surface area contributed by atoms with Crippen LogP contribution in [0.15, 0.2) is 82.7 Å². The Balaban J connectivity index is 1.39. The number of aliphatic imine (C=N–C) groups is 1. The van der Waals surface area contributed by atoms with Crippen LogP contribution >= 0.6 is 11.9 Å². The van der Waals surface area contributed by atoms with Crippen molar-refractivity contribution < 1.29 is 9.90 Å². The summed E-state index contributed by atoms with van der Waals surface area (Å²) in [6, 6.07) is 24.2. The average Bonchev–Trinajstić information content (AvgIpc) is 3.35. The highest BCUT2D eigenvalue weighted by Crippen LogP contribution is 2.35. The molecular formula is C31H36N4O2S. The number of carbonyl (C=O) groups is 1. The number of phenolic OH excluding ortho intramolecular Hbond substituents is 1. The van der Waals surface area contributed by atoms with Crippen LogP contribution in [0.5, 0.6) is 5.75 Å². The monoisotopic (exact) mass is 528 g/mol. The number of hydrogen-bond donors (Lipinski definition) is 2. The minimum absolute atomic E-state index is 0.114. The quantitative estimate of drug-likeness (QED) is 0.337. The molecule has 0 radical (unpaired) electrons. The maximum absolute atomic E-state index is 13.8. The van der Waals surface area contributed by atoms with Gasteiger partial charge in [-0.25, -0.2) is 0 Å². The summed E-state index contributed by atoms with van der Waals surface area (Å²) >= 11 is 1.58. The van der Waals surface area contributed by atoms with Crippen LogP contribution in [0.4, 0.5) is 5.69 Å². The lowest BCUT2D eigenvalue weighted by Gasteiger charge is -2.30. The zero-order valence-electron chi connectivity index (χ0n) is 22.1. The smallest absolute Gasteiger partial charge is 0.228 e. The Kier molecular flexibility index (Phi) is 8.35. The molecule has 1 amide bonds. The van der Waals surface area contributed by atoms with Crippen LogP contribution in [0, 0.1) is 0 Å². The summed E-state index contributed by atoms with van der Waals surface area (Å²) in [6.07, 6.45) is 3.65. The first kappa shape index (κ1) is 26.3. The Morgan fingerprint density at radius 3 is 2.68 bits per heavy atom. The molecule has 7 heteroatoms. The highest BCUT2D eigenvalue weighted by Gasteiger charge is 2.27. The van der Waals surface area contributed by atoms with Crippen LogP contribution < -0.4 is 9.62 Å². The van der Waals surface area contributed by atoms with Crippen molar-refractivity contribution in [3.63, 3.8) is 0 Å². The number of hydrogen-bond acceptors (Lipinski definition) is 6. The Morgan fingerprint density at radius 2 is 1.95 bits per heavy atom. The van der Waals surface area contributed by atoms with Crippen molar-refractivity contribution in [2.24, 2.45) is 4.99 Å². The van der Waals surface area contributed by atoms with E-state index < -0.39 is 0 Å². The zero-order valence-corrected chi connectivity index (χ0v) is 23.0. The van der Waals surface area contributed by atoms with Crippen molar-refractivity contribution in [3.8, 4) is 5.75 Å². The second kappa shape index (κ2) is 12.0.